The number of allylic oxidation sites excluding steroid dienone is 1. The molecule has 1 aliphatic heterocycles. The van der Waals surface area contributed by atoms with E-state index in [9.17, 15) is 4.79 Å². The Kier molecular flexibility index (Phi) is 4.16. The zero-order chi connectivity index (χ0) is 13.8. The van der Waals surface area contributed by atoms with Gasteiger partial charge in [-0.1, -0.05) is 19.3 Å². The lowest BCUT2D eigenvalue weighted by atomic mass is 9.88. The van der Waals surface area contributed by atoms with Crippen LogP contribution in [0.25, 0.3) is 0 Å². The van der Waals surface area contributed by atoms with E-state index in [2.05, 4.69) is 4.98 Å². The Morgan fingerprint density at radius 3 is 2.85 bits per heavy atom. The van der Waals surface area contributed by atoms with Crippen molar-refractivity contribution in [2.24, 2.45) is 5.92 Å². The number of hydrogen-bond acceptors (Lipinski definition) is 4. The van der Waals surface area contributed by atoms with Crippen molar-refractivity contribution in [2.45, 2.75) is 32.1 Å². The minimum Gasteiger partial charge on any atom is -0.497 e. The first-order valence-corrected chi connectivity index (χ1v) is 8.01. The Hall–Kier alpha value is -1.62. The summed E-state index contributed by atoms with van der Waals surface area (Å²) < 4.78 is 5.18. The van der Waals surface area contributed by atoms with E-state index < -0.39 is 0 Å². The Balaban J connectivity index is 1.87. The molecule has 20 heavy (non-hydrogen) atoms. The maximum Gasteiger partial charge on any atom is 0.235 e. The maximum absolute atomic E-state index is 12.9. The van der Waals surface area contributed by atoms with Gasteiger partial charge in [0.1, 0.15) is 6.61 Å². The highest BCUT2D eigenvalue weighted by molar-refractivity contribution is 7.07. The second-order valence-corrected chi connectivity index (χ2v) is 5.84. The molecule has 0 spiro atoms. The van der Waals surface area contributed by atoms with Gasteiger partial charge in [-0.15, -0.1) is 11.3 Å². The molecule has 106 valence electrons. The smallest absolute Gasteiger partial charge is 0.235 e. The van der Waals surface area contributed by atoms with Gasteiger partial charge in [0.2, 0.25) is 5.91 Å². The molecule has 0 atom stereocenters. The predicted octanol–water partition coefficient (Wildman–Crippen LogP) is 3.48. The van der Waals surface area contributed by atoms with Crippen molar-refractivity contribution < 1.29 is 9.53 Å². The van der Waals surface area contributed by atoms with Gasteiger partial charge in [0.25, 0.3) is 0 Å². The lowest BCUT2D eigenvalue weighted by Gasteiger charge is -2.29. The topological polar surface area (TPSA) is 42.4 Å². The number of thiazole rings is 1. The summed E-state index contributed by atoms with van der Waals surface area (Å²) >= 11 is 1.51. The fourth-order valence-electron chi connectivity index (χ4n) is 2.76. The van der Waals surface area contributed by atoms with Crippen LogP contribution in [0, 0.1) is 5.92 Å². The number of anilines is 1. The average molecular weight is 290 g/mol. The van der Waals surface area contributed by atoms with Crippen molar-refractivity contribution in [1.29, 1.82) is 0 Å². The molecule has 0 aromatic carbocycles. The van der Waals surface area contributed by atoms with Gasteiger partial charge in [-0.05, 0) is 25.0 Å². The van der Waals surface area contributed by atoms with Gasteiger partial charge in [-0.2, -0.15) is 0 Å². The van der Waals surface area contributed by atoms with Crippen LogP contribution in [0.2, 0.25) is 0 Å². The third-order valence-corrected chi connectivity index (χ3v) is 4.38. The average Bonchev–Trinajstić information content (AvgIpc) is 3.03. The first-order valence-electron chi connectivity index (χ1n) is 7.07. The van der Waals surface area contributed by atoms with Crippen molar-refractivity contribution in [2.75, 3.05) is 11.5 Å². The molecule has 0 unspecified atom stereocenters. The Morgan fingerprint density at radius 2 is 2.20 bits per heavy atom. The molecular weight excluding hydrogens is 272 g/mol. The standard InChI is InChI=1S/C15H18N2O2S/c18-15(12-4-2-1-3-5-12)17(14-10-20-11-16-14)13-6-8-19-9-7-13/h6-8,10-12H,1-5,9H2. The third kappa shape index (κ3) is 2.77. The number of carbonyl (C=O) groups excluding carboxylic acids is 1. The normalized spacial score (nSPS) is 19.3. The van der Waals surface area contributed by atoms with Gasteiger partial charge < -0.3 is 4.74 Å². The molecule has 1 fully saturated rings. The van der Waals surface area contributed by atoms with Crippen LogP contribution in [0.4, 0.5) is 5.82 Å². The van der Waals surface area contributed by atoms with Gasteiger partial charge in [0, 0.05) is 11.3 Å². The molecule has 1 aromatic rings. The van der Waals surface area contributed by atoms with Crippen molar-refractivity contribution in [3.8, 4) is 0 Å². The van der Waals surface area contributed by atoms with E-state index in [0.29, 0.717) is 6.61 Å². The monoisotopic (exact) mass is 290 g/mol. The Labute approximate surface area is 122 Å². The van der Waals surface area contributed by atoms with Crippen LogP contribution in [-0.2, 0) is 9.53 Å². The van der Waals surface area contributed by atoms with E-state index in [1.165, 1.54) is 17.8 Å². The molecule has 1 aromatic heterocycles. The number of amides is 1. The second-order valence-electron chi connectivity index (χ2n) is 5.12. The summed E-state index contributed by atoms with van der Waals surface area (Å²) in [6.45, 7) is 0.504. The molecule has 1 saturated carbocycles. The van der Waals surface area contributed by atoms with Crippen LogP contribution >= 0.6 is 11.3 Å². The van der Waals surface area contributed by atoms with E-state index in [-0.39, 0.29) is 11.8 Å². The van der Waals surface area contributed by atoms with E-state index >= 15 is 0 Å². The zero-order valence-electron chi connectivity index (χ0n) is 11.3. The maximum atomic E-state index is 12.9. The largest absolute Gasteiger partial charge is 0.497 e. The van der Waals surface area contributed by atoms with Crippen LogP contribution in [0.15, 0.2) is 35.0 Å². The number of carbonyl (C=O) groups is 1. The van der Waals surface area contributed by atoms with Crippen molar-refractivity contribution in [1.82, 2.24) is 4.98 Å². The van der Waals surface area contributed by atoms with Gasteiger partial charge in [0.15, 0.2) is 5.82 Å². The first-order chi connectivity index (χ1) is 9.86. The lowest BCUT2D eigenvalue weighted by Crippen LogP contribution is -2.36. The lowest BCUT2D eigenvalue weighted by molar-refractivity contribution is -0.122. The van der Waals surface area contributed by atoms with Crippen LogP contribution in [0.1, 0.15) is 32.1 Å². The number of rotatable bonds is 3. The summed E-state index contributed by atoms with van der Waals surface area (Å²) in [7, 11) is 0. The third-order valence-electron chi connectivity index (χ3n) is 3.81. The van der Waals surface area contributed by atoms with Crippen LogP contribution in [0.3, 0.4) is 0 Å². The molecule has 5 heteroatoms. The first kappa shape index (κ1) is 13.4. The van der Waals surface area contributed by atoms with E-state index in [1.807, 2.05) is 17.5 Å². The molecule has 4 nitrogen and oxygen atoms in total. The van der Waals surface area contributed by atoms with Crippen LogP contribution < -0.4 is 4.90 Å². The van der Waals surface area contributed by atoms with E-state index in [0.717, 1.165) is 37.2 Å². The van der Waals surface area contributed by atoms with E-state index in [4.69, 9.17) is 4.74 Å². The number of hydrogen-bond donors (Lipinski definition) is 0. The minimum absolute atomic E-state index is 0.127. The molecular formula is C15H18N2O2S. The fraction of sp³-hybridized carbons (Fsp3) is 0.467. The molecule has 3 rings (SSSR count). The second kappa shape index (κ2) is 6.22. The molecule has 1 amide bonds. The van der Waals surface area contributed by atoms with Crippen molar-refractivity contribution >= 4 is 23.1 Å². The molecule has 0 radical (unpaired) electrons. The number of ether oxygens (including phenoxy) is 1. The quantitative estimate of drug-likeness (QED) is 0.856. The summed E-state index contributed by atoms with van der Waals surface area (Å²) in [4.78, 5) is 18.9. The molecule has 0 saturated heterocycles. The SMILES string of the molecule is O=C(C1CCCCC1)N(C1=CCOC=C1)c1cscn1. The molecule has 0 N–H and O–H groups in total. The van der Waals surface area contributed by atoms with Gasteiger partial charge >= 0.3 is 0 Å². The van der Waals surface area contributed by atoms with Gasteiger partial charge in [0.05, 0.1) is 17.5 Å². The highest BCUT2D eigenvalue weighted by atomic mass is 32.1. The molecule has 1 aliphatic carbocycles. The summed E-state index contributed by atoms with van der Waals surface area (Å²) in [5.41, 5.74) is 2.64. The van der Waals surface area contributed by atoms with E-state index in [1.54, 1.807) is 16.7 Å². The van der Waals surface area contributed by atoms with Crippen molar-refractivity contribution in [3.63, 3.8) is 0 Å². The van der Waals surface area contributed by atoms with Crippen molar-refractivity contribution in [3.05, 3.63) is 35.0 Å². The van der Waals surface area contributed by atoms with Gasteiger partial charge in [-0.25, -0.2) is 4.98 Å². The minimum atomic E-state index is 0.127. The Bertz CT molecular complexity index is 516. The summed E-state index contributed by atoms with van der Waals surface area (Å²) in [5, 5.41) is 1.92. The Morgan fingerprint density at radius 1 is 1.35 bits per heavy atom. The van der Waals surface area contributed by atoms with Gasteiger partial charge in [-0.3, -0.25) is 9.69 Å². The summed E-state index contributed by atoms with van der Waals surface area (Å²) in [6.07, 6.45) is 10.9. The predicted molar refractivity (Wildman–Crippen MR) is 79.4 cm³/mol. The highest BCUT2D eigenvalue weighted by Gasteiger charge is 2.29. The summed E-state index contributed by atoms with van der Waals surface area (Å²) in [5.74, 6) is 1.03. The molecule has 0 bridgehead atoms. The van der Waals surface area contributed by atoms with Crippen LogP contribution in [0.5, 0.6) is 0 Å². The highest BCUT2D eigenvalue weighted by Crippen LogP contribution is 2.30. The summed E-state index contributed by atoms with van der Waals surface area (Å²) in [6, 6.07) is 0. The number of nitrogens with zero attached hydrogens (tertiary/aromatic N) is 2. The fourth-order valence-corrected chi connectivity index (χ4v) is 3.28. The zero-order valence-corrected chi connectivity index (χ0v) is 12.1. The van der Waals surface area contributed by atoms with Crippen LogP contribution in [-0.4, -0.2) is 17.5 Å². The molecule has 2 aliphatic rings. The number of aromatic nitrogens is 1. The molecule has 2 heterocycles.